The van der Waals surface area contributed by atoms with Gasteiger partial charge in [0.05, 0.1) is 6.10 Å². The van der Waals surface area contributed by atoms with E-state index in [4.69, 9.17) is 4.74 Å². The number of carbonyl (C=O) groups is 1. The summed E-state index contributed by atoms with van der Waals surface area (Å²) in [4.78, 5) is 11.7. The van der Waals surface area contributed by atoms with Crippen LogP contribution < -0.4 is 0 Å². The van der Waals surface area contributed by atoms with Gasteiger partial charge in [-0.15, -0.1) is 0 Å². The molecule has 0 saturated carbocycles. The molecule has 0 amide bonds. The van der Waals surface area contributed by atoms with Gasteiger partial charge in [0, 0.05) is 26.3 Å². The first-order valence-corrected chi connectivity index (χ1v) is 4.90. The van der Waals surface area contributed by atoms with Crippen molar-refractivity contribution in [3.8, 4) is 0 Å². The van der Waals surface area contributed by atoms with Gasteiger partial charge in [-0.25, -0.2) is 0 Å². The molecule has 2 heterocycles. The summed E-state index contributed by atoms with van der Waals surface area (Å²) in [6, 6.07) is 1.75. The Hall–Kier alpha value is -1.16. The van der Waals surface area contributed by atoms with Gasteiger partial charge >= 0.3 is 0 Å². The third kappa shape index (κ3) is 2.01. The SMILES string of the molecule is Cn1ccc(C(=O)CC2CCCO2)n1. The van der Waals surface area contributed by atoms with Crippen molar-refractivity contribution in [3.63, 3.8) is 0 Å². The first-order valence-electron chi connectivity index (χ1n) is 4.90. The average Bonchev–Trinajstić information content (AvgIpc) is 2.75. The third-order valence-electron chi connectivity index (χ3n) is 2.44. The van der Waals surface area contributed by atoms with E-state index in [0.29, 0.717) is 12.1 Å². The van der Waals surface area contributed by atoms with E-state index in [2.05, 4.69) is 5.10 Å². The van der Waals surface area contributed by atoms with E-state index >= 15 is 0 Å². The zero-order chi connectivity index (χ0) is 9.97. The van der Waals surface area contributed by atoms with E-state index < -0.39 is 0 Å². The Balaban J connectivity index is 1.95. The van der Waals surface area contributed by atoms with Crippen LogP contribution in [0.2, 0.25) is 0 Å². The van der Waals surface area contributed by atoms with E-state index in [1.54, 1.807) is 16.9 Å². The molecule has 76 valence electrons. The summed E-state index contributed by atoms with van der Waals surface area (Å²) in [5, 5.41) is 4.06. The number of aromatic nitrogens is 2. The molecular formula is C10H14N2O2. The van der Waals surface area contributed by atoms with Gasteiger partial charge in [-0.05, 0) is 18.9 Å². The van der Waals surface area contributed by atoms with Gasteiger partial charge in [-0.1, -0.05) is 0 Å². The highest BCUT2D eigenvalue weighted by Gasteiger charge is 2.20. The van der Waals surface area contributed by atoms with Crippen molar-refractivity contribution in [1.29, 1.82) is 0 Å². The standard InChI is InChI=1S/C10H14N2O2/c1-12-5-4-9(11-12)10(13)7-8-3-2-6-14-8/h4-5,8H,2-3,6-7H2,1H3. The highest BCUT2D eigenvalue weighted by Crippen LogP contribution is 2.17. The van der Waals surface area contributed by atoms with Gasteiger partial charge < -0.3 is 4.74 Å². The van der Waals surface area contributed by atoms with Crippen molar-refractivity contribution >= 4 is 5.78 Å². The first-order chi connectivity index (χ1) is 6.75. The van der Waals surface area contributed by atoms with Crippen LogP contribution >= 0.6 is 0 Å². The number of ketones is 1. The predicted octanol–water partition coefficient (Wildman–Crippen LogP) is 1.17. The van der Waals surface area contributed by atoms with Crippen LogP contribution in [0.4, 0.5) is 0 Å². The maximum absolute atomic E-state index is 11.7. The van der Waals surface area contributed by atoms with Crippen LogP contribution in [0, 0.1) is 0 Å². The highest BCUT2D eigenvalue weighted by atomic mass is 16.5. The van der Waals surface area contributed by atoms with E-state index in [1.807, 2.05) is 7.05 Å². The maximum atomic E-state index is 11.7. The number of carbonyl (C=O) groups excluding carboxylic acids is 1. The van der Waals surface area contributed by atoms with Crippen LogP contribution in [-0.4, -0.2) is 28.3 Å². The molecule has 1 fully saturated rings. The second kappa shape index (κ2) is 3.92. The fourth-order valence-electron chi connectivity index (χ4n) is 1.68. The topological polar surface area (TPSA) is 44.1 Å². The molecular weight excluding hydrogens is 180 g/mol. The lowest BCUT2D eigenvalue weighted by Gasteiger charge is -2.05. The Morgan fingerprint density at radius 2 is 2.64 bits per heavy atom. The number of Topliss-reactive ketones (excluding diaryl/α,β-unsaturated/α-hetero) is 1. The molecule has 1 aliphatic rings. The van der Waals surface area contributed by atoms with E-state index in [-0.39, 0.29) is 11.9 Å². The molecule has 4 heteroatoms. The van der Waals surface area contributed by atoms with Crippen LogP contribution in [0.25, 0.3) is 0 Å². The molecule has 1 aliphatic heterocycles. The molecule has 1 atom stereocenters. The zero-order valence-electron chi connectivity index (χ0n) is 8.27. The van der Waals surface area contributed by atoms with Crippen LogP contribution in [0.3, 0.4) is 0 Å². The number of rotatable bonds is 3. The van der Waals surface area contributed by atoms with Crippen molar-refractivity contribution in [3.05, 3.63) is 18.0 Å². The molecule has 1 aromatic heterocycles. The van der Waals surface area contributed by atoms with E-state index in [9.17, 15) is 4.79 Å². The molecule has 4 nitrogen and oxygen atoms in total. The van der Waals surface area contributed by atoms with Crippen LogP contribution in [-0.2, 0) is 11.8 Å². The normalized spacial score (nSPS) is 21.4. The summed E-state index contributed by atoms with van der Waals surface area (Å²) < 4.78 is 7.04. The lowest BCUT2D eigenvalue weighted by molar-refractivity contribution is 0.0771. The van der Waals surface area contributed by atoms with Gasteiger partial charge in [-0.2, -0.15) is 5.10 Å². The number of hydrogen-bond acceptors (Lipinski definition) is 3. The first kappa shape index (κ1) is 9.40. The van der Waals surface area contributed by atoms with Gasteiger partial charge in [-0.3, -0.25) is 9.48 Å². The molecule has 2 rings (SSSR count). The van der Waals surface area contributed by atoms with Crippen molar-refractivity contribution in [2.75, 3.05) is 6.61 Å². The molecule has 0 spiro atoms. The summed E-state index contributed by atoms with van der Waals surface area (Å²) in [7, 11) is 1.81. The second-order valence-corrected chi connectivity index (χ2v) is 3.64. The quantitative estimate of drug-likeness (QED) is 0.678. The number of hydrogen-bond donors (Lipinski definition) is 0. The number of ether oxygens (including phenoxy) is 1. The minimum atomic E-state index is 0.0810. The Kier molecular flexibility index (Phi) is 2.63. The fourth-order valence-corrected chi connectivity index (χ4v) is 1.68. The second-order valence-electron chi connectivity index (χ2n) is 3.64. The molecule has 1 unspecified atom stereocenters. The lowest BCUT2D eigenvalue weighted by atomic mass is 10.1. The van der Waals surface area contributed by atoms with E-state index in [1.165, 1.54) is 0 Å². The Morgan fingerprint density at radius 3 is 3.21 bits per heavy atom. The van der Waals surface area contributed by atoms with Crippen molar-refractivity contribution in [2.24, 2.45) is 7.05 Å². The number of aryl methyl sites for hydroxylation is 1. The minimum absolute atomic E-state index is 0.0810. The molecule has 0 bridgehead atoms. The molecule has 14 heavy (non-hydrogen) atoms. The zero-order valence-corrected chi connectivity index (χ0v) is 8.27. The minimum Gasteiger partial charge on any atom is -0.378 e. The number of nitrogens with zero attached hydrogens (tertiary/aromatic N) is 2. The molecule has 0 radical (unpaired) electrons. The van der Waals surface area contributed by atoms with Gasteiger partial charge in [0.25, 0.3) is 0 Å². The Labute approximate surface area is 82.9 Å². The van der Waals surface area contributed by atoms with Crippen molar-refractivity contribution in [1.82, 2.24) is 9.78 Å². The molecule has 0 N–H and O–H groups in total. The summed E-state index contributed by atoms with van der Waals surface area (Å²) in [5.74, 6) is 0.0810. The molecule has 0 aliphatic carbocycles. The van der Waals surface area contributed by atoms with Crippen LogP contribution in [0.1, 0.15) is 29.8 Å². The van der Waals surface area contributed by atoms with Crippen molar-refractivity contribution < 1.29 is 9.53 Å². The summed E-state index contributed by atoms with van der Waals surface area (Å²) in [5.41, 5.74) is 0.544. The van der Waals surface area contributed by atoms with Gasteiger partial charge in [0.15, 0.2) is 5.78 Å². The largest absolute Gasteiger partial charge is 0.378 e. The summed E-state index contributed by atoms with van der Waals surface area (Å²) >= 11 is 0. The smallest absolute Gasteiger partial charge is 0.185 e. The van der Waals surface area contributed by atoms with E-state index in [0.717, 1.165) is 19.4 Å². The lowest BCUT2D eigenvalue weighted by Crippen LogP contribution is -2.13. The molecule has 1 aromatic rings. The Morgan fingerprint density at radius 1 is 1.79 bits per heavy atom. The highest BCUT2D eigenvalue weighted by molar-refractivity contribution is 5.94. The third-order valence-corrected chi connectivity index (χ3v) is 2.44. The van der Waals surface area contributed by atoms with Crippen LogP contribution in [0.15, 0.2) is 12.3 Å². The molecule has 1 saturated heterocycles. The van der Waals surface area contributed by atoms with Crippen LogP contribution in [0.5, 0.6) is 0 Å². The summed E-state index contributed by atoms with van der Waals surface area (Å²) in [6.45, 7) is 0.792. The summed E-state index contributed by atoms with van der Waals surface area (Å²) in [6.07, 6.45) is 4.43. The predicted molar refractivity (Wildman–Crippen MR) is 51.1 cm³/mol. The maximum Gasteiger partial charge on any atom is 0.185 e. The van der Waals surface area contributed by atoms with Crippen molar-refractivity contribution in [2.45, 2.75) is 25.4 Å². The monoisotopic (exact) mass is 194 g/mol. The van der Waals surface area contributed by atoms with Gasteiger partial charge in [0.2, 0.25) is 0 Å². The average molecular weight is 194 g/mol. The molecule has 0 aromatic carbocycles. The van der Waals surface area contributed by atoms with Gasteiger partial charge in [0.1, 0.15) is 5.69 Å². The Bertz CT molecular complexity index is 327. The fraction of sp³-hybridized carbons (Fsp3) is 0.600.